The summed E-state index contributed by atoms with van der Waals surface area (Å²) in [6, 6.07) is 9.61. The lowest BCUT2D eigenvalue weighted by Gasteiger charge is -2.09. The highest BCUT2D eigenvalue weighted by Gasteiger charge is 2.00. The minimum atomic E-state index is 0.345. The van der Waals surface area contributed by atoms with Gasteiger partial charge in [0.05, 0.1) is 12.4 Å². The molecule has 4 N–H and O–H groups in total. The van der Waals surface area contributed by atoms with Gasteiger partial charge in [0, 0.05) is 5.69 Å². The standard InChI is InChI=1S/C11H11N5S/c12-9-6-13-7-10(15-9)16-11(17)14-8-4-2-1-3-5-8/h1-7H,(H4,12,14,15,16,17). The molecular weight excluding hydrogens is 234 g/mol. The van der Waals surface area contributed by atoms with Gasteiger partial charge in [-0.1, -0.05) is 18.2 Å². The first-order valence-electron chi connectivity index (χ1n) is 4.94. The van der Waals surface area contributed by atoms with E-state index in [4.69, 9.17) is 18.0 Å². The number of para-hydroxylation sites is 1. The van der Waals surface area contributed by atoms with Gasteiger partial charge < -0.3 is 16.4 Å². The Balaban J connectivity index is 1.98. The molecule has 0 radical (unpaired) electrons. The lowest BCUT2D eigenvalue weighted by molar-refractivity contribution is 1.22. The van der Waals surface area contributed by atoms with Crippen LogP contribution < -0.4 is 16.4 Å². The number of nitrogens with two attached hydrogens (primary N) is 1. The molecule has 5 nitrogen and oxygen atoms in total. The number of anilines is 3. The molecule has 0 bridgehead atoms. The predicted octanol–water partition coefficient (Wildman–Crippen LogP) is 1.87. The zero-order valence-electron chi connectivity index (χ0n) is 8.92. The van der Waals surface area contributed by atoms with E-state index < -0.39 is 0 Å². The molecule has 1 heterocycles. The molecule has 0 saturated carbocycles. The van der Waals surface area contributed by atoms with Crippen LogP contribution in [0.15, 0.2) is 42.7 Å². The van der Waals surface area contributed by atoms with Gasteiger partial charge in [0.2, 0.25) is 0 Å². The molecule has 6 heteroatoms. The fraction of sp³-hybridized carbons (Fsp3) is 0. The van der Waals surface area contributed by atoms with Gasteiger partial charge in [-0.15, -0.1) is 0 Å². The molecule has 0 amide bonds. The maximum Gasteiger partial charge on any atom is 0.176 e. The second-order valence-electron chi connectivity index (χ2n) is 3.27. The zero-order chi connectivity index (χ0) is 12.1. The summed E-state index contributed by atoms with van der Waals surface area (Å²) in [6.45, 7) is 0. The van der Waals surface area contributed by atoms with Crippen LogP contribution in [-0.4, -0.2) is 15.1 Å². The second-order valence-corrected chi connectivity index (χ2v) is 3.68. The third-order valence-electron chi connectivity index (χ3n) is 1.93. The summed E-state index contributed by atoms with van der Waals surface area (Å²) in [6.07, 6.45) is 3.02. The number of rotatable bonds is 2. The van der Waals surface area contributed by atoms with Crippen molar-refractivity contribution in [1.82, 2.24) is 9.97 Å². The Morgan fingerprint density at radius 1 is 1.12 bits per heavy atom. The van der Waals surface area contributed by atoms with Gasteiger partial charge in [-0.3, -0.25) is 4.98 Å². The molecule has 17 heavy (non-hydrogen) atoms. The number of nitrogens with one attached hydrogen (secondary N) is 2. The van der Waals surface area contributed by atoms with Crippen LogP contribution in [0.25, 0.3) is 0 Å². The number of benzene rings is 1. The molecule has 0 aliphatic heterocycles. The Kier molecular flexibility index (Phi) is 3.46. The van der Waals surface area contributed by atoms with Crippen LogP contribution in [0.1, 0.15) is 0 Å². The van der Waals surface area contributed by atoms with Gasteiger partial charge >= 0.3 is 0 Å². The molecule has 0 spiro atoms. The van der Waals surface area contributed by atoms with Gasteiger partial charge in [0.15, 0.2) is 10.9 Å². The molecule has 2 rings (SSSR count). The molecule has 1 aromatic carbocycles. The summed E-state index contributed by atoms with van der Waals surface area (Å²) >= 11 is 5.13. The second kappa shape index (κ2) is 5.22. The molecule has 2 aromatic rings. The molecule has 0 aliphatic rings. The van der Waals surface area contributed by atoms with E-state index >= 15 is 0 Å². The number of thiocarbonyl (C=S) groups is 1. The number of nitrogen functional groups attached to an aromatic ring is 1. The van der Waals surface area contributed by atoms with Crippen molar-refractivity contribution >= 4 is 34.7 Å². The molecule has 86 valence electrons. The topological polar surface area (TPSA) is 75.9 Å². The Bertz CT molecular complexity index is 514. The van der Waals surface area contributed by atoms with E-state index in [2.05, 4.69) is 20.6 Å². The molecular formula is C11H11N5S. The van der Waals surface area contributed by atoms with Crippen molar-refractivity contribution < 1.29 is 0 Å². The fourth-order valence-corrected chi connectivity index (χ4v) is 1.46. The first-order valence-corrected chi connectivity index (χ1v) is 5.35. The first kappa shape index (κ1) is 11.3. The van der Waals surface area contributed by atoms with Crippen molar-refractivity contribution in [2.45, 2.75) is 0 Å². The molecule has 0 unspecified atom stereocenters. The van der Waals surface area contributed by atoms with Gasteiger partial charge in [-0.2, -0.15) is 0 Å². The number of hydrogen-bond acceptors (Lipinski definition) is 4. The van der Waals surface area contributed by atoms with Crippen molar-refractivity contribution in [1.29, 1.82) is 0 Å². The van der Waals surface area contributed by atoms with Crippen LogP contribution in [0.2, 0.25) is 0 Å². The number of hydrogen-bond donors (Lipinski definition) is 3. The molecule has 0 fully saturated rings. The average molecular weight is 245 g/mol. The van der Waals surface area contributed by atoms with E-state index in [-0.39, 0.29) is 0 Å². The quantitative estimate of drug-likeness (QED) is 0.701. The smallest absolute Gasteiger partial charge is 0.176 e. The van der Waals surface area contributed by atoms with Gasteiger partial charge in [0.1, 0.15) is 5.82 Å². The summed E-state index contributed by atoms with van der Waals surface area (Å²) in [4.78, 5) is 7.94. The van der Waals surface area contributed by atoms with Crippen molar-refractivity contribution in [2.75, 3.05) is 16.4 Å². The largest absolute Gasteiger partial charge is 0.382 e. The fourth-order valence-electron chi connectivity index (χ4n) is 1.24. The highest BCUT2D eigenvalue weighted by molar-refractivity contribution is 7.80. The summed E-state index contributed by atoms with van der Waals surface area (Å²) in [5, 5.41) is 6.36. The molecule has 0 saturated heterocycles. The molecule has 0 aliphatic carbocycles. The highest BCUT2D eigenvalue weighted by Crippen LogP contribution is 2.07. The minimum Gasteiger partial charge on any atom is -0.382 e. The molecule has 1 aromatic heterocycles. The highest BCUT2D eigenvalue weighted by atomic mass is 32.1. The van der Waals surface area contributed by atoms with Crippen molar-refractivity contribution in [3.05, 3.63) is 42.7 Å². The lowest BCUT2D eigenvalue weighted by atomic mass is 10.3. The Morgan fingerprint density at radius 3 is 2.59 bits per heavy atom. The Labute approximate surface area is 104 Å². The van der Waals surface area contributed by atoms with Crippen LogP contribution in [0, 0.1) is 0 Å². The van der Waals surface area contributed by atoms with Crippen LogP contribution in [0.3, 0.4) is 0 Å². The summed E-state index contributed by atoms with van der Waals surface area (Å²) in [5.74, 6) is 0.857. The van der Waals surface area contributed by atoms with E-state index in [1.54, 1.807) is 6.20 Å². The van der Waals surface area contributed by atoms with Crippen LogP contribution in [-0.2, 0) is 0 Å². The van der Waals surface area contributed by atoms with Gasteiger partial charge in [-0.25, -0.2) is 4.98 Å². The minimum absolute atomic E-state index is 0.345. The van der Waals surface area contributed by atoms with Crippen molar-refractivity contribution in [3.8, 4) is 0 Å². The molecule has 0 atom stereocenters. The Morgan fingerprint density at radius 2 is 1.88 bits per heavy atom. The monoisotopic (exact) mass is 245 g/mol. The van der Waals surface area contributed by atoms with E-state index in [0.29, 0.717) is 16.7 Å². The van der Waals surface area contributed by atoms with E-state index in [0.717, 1.165) is 5.69 Å². The van der Waals surface area contributed by atoms with Gasteiger partial charge in [-0.05, 0) is 24.4 Å². The first-order chi connectivity index (χ1) is 8.24. The lowest BCUT2D eigenvalue weighted by Crippen LogP contribution is -2.20. The summed E-state index contributed by atoms with van der Waals surface area (Å²) < 4.78 is 0. The van der Waals surface area contributed by atoms with Crippen molar-refractivity contribution in [3.63, 3.8) is 0 Å². The van der Waals surface area contributed by atoms with Crippen molar-refractivity contribution in [2.24, 2.45) is 0 Å². The van der Waals surface area contributed by atoms with Crippen LogP contribution >= 0.6 is 12.2 Å². The maximum absolute atomic E-state index is 5.51. The number of aromatic nitrogens is 2. The van der Waals surface area contributed by atoms with E-state index in [1.807, 2.05) is 30.3 Å². The Hall–Kier alpha value is -2.21. The van der Waals surface area contributed by atoms with E-state index in [9.17, 15) is 0 Å². The summed E-state index contributed by atoms with van der Waals surface area (Å²) in [7, 11) is 0. The predicted molar refractivity (Wildman–Crippen MR) is 72.7 cm³/mol. The van der Waals surface area contributed by atoms with Crippen LogP contribution in [0.4, 0.5) is 17.3 Å². The van der Waals surface area contributed by atoms with Crippen LogP contribution in [0.5, 0.6) is 0 Å². The normalized spacial score (nSPS) is 9.65. The average Bonchev–Trinajstić information content (AvgIpc) is 2.30. The van der Waals surface area contributed by atoms with E-state index in [1.165, 1.54) is 6.20 Å². The summed E-state index contributed by atoms with van der Waals surface area (Å²) in [5.41, 5.74) is 6.41. The van der Waals surface area contributed by atoms with Gasteiger partial charge in [0.25, 0.3) is 0 Å². The maximum atomic E-state index is 5.51. The zero-order valence-corrected chi connectivity index (χ0v) is 9.74. The third kappa shape index (κ3) is 3.39. The third-order valence-corrected chi connectivity index (χ3v) is 2.13. The number of nitrogens with zero attached hydrogens (tertiary/aromatic N) is 2. The SMILES string of the molecule is Nc1cncc(NC(=S)Nc2ccccc2)n1.